The zero-order valence-electron chi connectivity index (χ0n) is 13.7. The zero-order chi connectivity index (χ0) is 17.7. The molecule has 0 bridgehead atoms. The summed E-state index contributed by atoms with van der Waals surface area (Å²) < 4.78 is 4.89. The summed E-state index contributed by atoms with van der Waals surface area (Å²) in [6.45, 7) is 7.83. The summed E-state index contributed by atoms with van der Waals surface area (Å²) in [7, 11) is 0. The number of benzene rings is 1. The van der Waals surface area contributed by atoms with Gasteiger partial charge in [-0.3, -0.25) is 9.89 Å². The predicted octanol–water partition coefficient (Wildman–Crippen LogP) is 3.00. The number of anilines is 1. The molecule has 2 N–H and O–H groups in total. The van der Waals surface area contributed by atoms with Gasteiger partial charge in [-0.15, -0.1) is 0 Å². The number of allylic oxidation sites excluding steroid dienone is 2. The molecule has 128 valence electrons. The number of fused-ring (bicyclic) bond motifs is 2. The third kappa shape index (κ3) is 2.00. The lowest BCUT2D eigenvalue weighted by Crippen LogP contribution is -2.24. The van der Waals surface area contributed by atoms with Gasteiger partial charge in [-0.2, -0.15) is 5.10 Å². The van der Waals surface area contributed by atoms with E-state index < -0.39 is 0 Å². The van der Waals surface area contributed by atoms with E-state index in [1.54, 1.807) is 6.20 Å². The van der Waals surface area contributed by atoms with Crippen molar-refractivity contribution < 1.29 is 9.42 Å². The van der Waals surface area contributed by atoms with Crippen LogP contribution in [-0.4, -0.2) is 26.3 Å². The molecule has 5 rings (SSSR count). The molecule has 0 radical (unpaired) electrons. The zero-order valence-corrected chi connectivity index (χ0v) is 13.7. The first-order valence-corrected chi connectivity index (χ1v) is 8.43. The average molecular weight is 346 g/mol. The molecule has 1 aliphatic carbocycles. The van der Waals surface area contributed by atoms with E-state index in [0.717, 1.165) is 24.0 Å². The minimum atomic E-state index is -0.374. The monoisotopic (exact) mass is 346 g/mol. The molecule has 0 amide bonds. The summed E-state index contributed by atoms with van der Waals surface area (Å²) in [5, 5.41) is 18.3. The van der Waals surface area contributed by atoms with Crippen LogP contribution in [0, 0.1) is 12.5 Å². The number of ketones is 1. The van der Waals surface area contributed by atoms with Crippen LogP contribution in [-0.2, 0) is 4.79 Å². The number of H-pyrrole nitrogens is 1. The summed E-state index contributed by atoms with van der Waals surface area (Å²) >= 11 is 0. The summed E-state index contributed by atoms with van der Waals surface area (Å²) in [6, 6.07) is 5.60. The van der Waals surface area contributed by atoms with Gasteiger partial charge in [0, 0.05) is 23.6 Å². The number of hydrogen-bond donors (Lipinski definition) is 2. The van der Waals surface area contributed by atoms with Crippen LogP contribution in [0.3, 0.4) is 0 Å². The summed E-state index contributed by atoms with van der Waals surface area (Å²) in [5.41, 5.74) is 4.11. The van der Waals surface area contributed by atoms with Crippen LogP contribution < -0.4 is 5.32 Å². The van der Waals surface area contributed by atoms with Crippen LogP contribution in [0.1, 0.15) is 36.3 Å². The Morgan fingerprint density at radius 3 is 3.00 bits per heavy atom. The third-order valence-electron chi connectivity index (χ3n) is 5.19. The number of nitrogens with zero attached hydrogens (tertiary/aromatic N) is 4. The van der Waals surface area contributed by atoms with E-state index in [2.05, 4.69) is 30.7 Å². The van der Waals surface area contributed by atoms with Gasteiger partial charge in [-0.05, 0) is 34.8 Å². The number of carbonyl (C=O) groups excluding carboxylic acids is 1. The molecule has 2 unspecified atom stereocenters. The van der Waals surface area contributed by atoms with Gasteiger partial charge in [0.15, 0.2) is 5.70 Å². The summed E-state index contributed by atoms with van der Waals surface area (Å²) in [6.07, 6.45) is 3.87. The van der Waals surface area contributed by atoms with Crippen molar-refractivity contribution in [1.29, 1.82) is 0 Å². The van der Waals surface area contributed by atoms with Gasteiger partial charge in [-0.1, -0.05) is 12.1 Å². The lowest BCUT2D eigenvalue weighted by Gasteiger charge is -2.28. The molecule has 0 saturated heterocycles. The number of hydrogen-bond acceptors (Lipinski definition) is 6. The van der Waals surface area contributed by atoms with Crippen molar-refractivity contribution in [3.63, 3.8) is 0 Å². The van der Waals surface area contributed by atoms with E-state index in [1.807, 2.05) is 18.2 Å². The number of Topliss-reactive ketones (excluding diaryl/α,β-unsaturated/α-hetero) is 1. The Morgan fingerprint density at radius 1 is 1.27 bits per heavy atom. The maximum atomic E-state index is 12.4. The summed E-state index contributed by atoms with van der Waals surface area (Å²) in [4.78, 5) is 16.2. The molecular weight excluding hydrogens is 332 g/mol. The summed E-state index contributed by atoms with van der Waals surface area (Å²) in [5.74, 6) is 0.247. The Morgan fingerprint density at radius 2 is 2.19 bits per heavy atom. The van der Waals surface area contributed by atoms with Gasteiger partial charge in [0.05, 0.1) is 18.7 Å². The molecule has 0 spiro atoms. The fourth-order valence-electron chi connectivity index (χ4n) is 4.00. The number of aromatic nitrogens is 4. The second-order valence-electron chi connectivity index (χ2n) is 6.56. The topological polar surface area (TPSA) is 101 Å². The lowest BCUT2D eigenvalue weighted by atomic mass is 9.83. The molecule has 8 heteroatoms. The minimum Gasteiger partial charge on any atom is -0.353 e. The smallest absolute Gasteiger partial charge is 0.196 e. The van der Waals surface area contributed by atoms with Gasteiger partial charge < -0.3 is 5.32 Å². The molecular formula is C18H14N6O2. The quantitative estimate of drug-likeness (QED) is 0.692. The van der Waals surface area contributed by atoms with Crippen LogP contribution in [0.4, 0.5) is 5.82 Å². The Balaban J connectivity index is 1.76. The molecule has 3 heterocycles. The molecule has 1 fully saturated rings. The highest BCUT2D eigenvalue weighted by molar-refractivity contribution is 5.88. The van der Waals surface area contributed by atoms with Gasteiger partial charge in [0.2, 0.25) is 0 Å². The molecule has 2 aliphatic rings. The first kappa shape index (κ1) is 14.8. The van der Waals surface area contributed by atoms with Crippen molar-refractivity contribution >= 4 is 22.6 Å². The van der Waals surface area contributed by atoms with Gasteiger partial charge in [0.25, 0.3) is 0 Å². The Kier molecular flexibility index (Phi) is 3.15. The molecule has 26 heavy (non-hydrogen) atoms. The SMILES string of the molecule is [C-]#[N+]C1=C(C2CCCC2=O)Nc2[nH]ncc2C1c1cccc2nonc12. The largest absolute Gasteiger partial charge is 0.353 e. The predicted molar refractivity (Wildman–Crippen MR) is 91.8 cm³/mol. The van der Waals surface area contributed by atoms with E-state index in [0.29, 0.717) is 34.7 Å². The van der Waals surface area contributed by atoms with Crippen LogP contribution in [0.25, 0.3) is 15.9 Å². The number of carbonyl (C=O) groups is 1. The van der Waals surface area contributed by atoms with Crippen LogP contribution in [0.5, 0.6) is 0 Å². The second kappa shape index (κ2) is 5.52. The van der Waals surface area contributed by atoms with Crippen molar-refractivity contribution in [2.24, 2.45) is 5.92 Å². The van der Waals surface area contributed by atoms with Gasteiger partial charge in [-0.25, -0.2) is 9.47 Å². The van der Waals surface area contributed by atoms with Crippen molar-refractivity contribution in [2.75, 3.05) is 5.32 Å². The molecule has 3 aromatic rings. The molecule has 1 saturated carbocycles. The molecule has 2 atom stereocenters. The van der Waals surface area contributed by atoms with Crippen LogP contribution in [0.15, 0.2) is 40.4 Å². The highest BCUT2D eigenvalue weighted by Crippen LogP contribution is 2.46. The van der Waals surface area contributed by atoms with Crippen LogP contribution >= 0.6 is 0 Å². The van der Waals surface area contributed by atoms with Crippen molar-refractivity contribution in [3.8, 4) is 0 Å². The van der Waals surface area contributed by atoms with E-state index in [-0.39, 0.29) is 17.6 Å². The number of nitrogens with one attached hydrogen (secondary N) is 2. The second-order valence-corrected chi connectivity index (χ2v) is 6.56. The van der Waals surface area contributed by atoms with Gasteiger partial charge in [0.1, 0.15) is 22.6 Å². The fraction of sp³-hybridized carbons (Fsp3) is 0.278. The first-order valence-electron chi connectivity index (χ1n) is 8.43. The third-order valence-corrected chi connectivity index (χ3v) is 5.19. The highest BCUT2D eigenvalue weighted by atomic mass is 16.6. The fourth-order valence-corrected chi connectivity index (χ4v) is 4.00. The first-order chi connectivity index (χ1) is 12.8. The van der Waals surface area contributed by atoms with E-state index in [4.69, 9.17) is 11.2 Å². The van der Waals surface area contributed by atoms with Crippen molar-refractivity contribution in [1.82, 2.24) is 20.5 Å². The number of aromatic amines is 1. The molecule has 1 aliphatic heterocycles. The maximum absolute atomic E-state index is 12.4. The lowest BCUT2D eigenvalue weighted by molar-refractivity contribution is -0.119. The van der Waals surface area contributed by atoms with E-state index in [9.17, 15) is 4.79 Å². The Labute approximate surface area is 148 Å². The Bertz CT molecular complexity index is 1100. The Hall–Kier alpha value is -3.47. The van der Waals surface area contributed by atoms with E-state index in [1.165, 1.54) is 0 Å². The minimum absolute atomic E-state index is 0.177. The van der Waals surface area contributed by atoms with Gasteiger partial charge >= 0.3 is 0 Å². The number of rotatable bonds is 2. The standard InChI is InChI=1S/C18H14N6O2/c1-19-17-14(10-5-2-6-12-15(10)24-26-23-12)11-8-20-22-18(11)21-16(17)9-4-3-7-13(9)25/h2,5-6,8-9,14H,3-4,7H2,(H2,20,21,22). The highest BCUT2D eigenvalue weighted by Gasteiger charge is 2.39. The van der Waals surface area contributed by atoms with Crippen molar-refractivity contribution in [3.05, 3.63) is 58.3 Å². The maximum Gasteiger partial charge on any atom is 0.196 e. The molecule has 2 aromatic heterocycles. The van der Waals surface area contributed by atoms with E-state index >= 15 is 0 Å². The normalized spacial score (nSPS) is 22.3. The van der Waals surface area contributed by atoms with Crippen molar-refractivity contribution in [2.45, 2.75) is 25.2 Å². The molecule has 8 nitrogen and oxygen atoms in total. The molecule has 1 aromatic carbocycles. The van der Waals surface area contributed by atoms with Crippen LogP contribution in [0.2, 0.25) is 0 Å². The average Bonchev–Trinajstić information content (AvgIpc) is 3.39.